The van der Waals surface area contributed by atoms with Gasteiger partial charge in [0.25, 0.3) is 0 Å². The van der Waals surface area contributed by atoms with E-state index in [-0.39, 0.29) is 0 Å². The molecule has 0 aliphatic rings. The van der Waals surface area contributed by atoms with Crippen molar-refractivity contribution in [3.8, 4) is 67.3 Å². The summed E-state index contributed by atoms with van der Waals surface area (Å²) in [4.78, 5) is 5.01. The molecule has 5 heteroatoms. The molecule has 0 spiro atoms. The van der Waals surface area contributed by atoms with Crippen LogP contribution in [-0.2, 0) is 0 Å². The van der Waals surface area contributed by atoms with Gasteiger partial charge in [0, 0.05) is 54.8 Å². The summed E-state index contributed by atoms with van der Waals surface area (Å²) < 4.78 is 18.2. The van der Waals surface area contributed by atoms with Gasteiger partial charge in [0.1, 0.15) is 16.7 Å². The Hall–Kier alpha value is -9.71. The first-order chi connectivity index (χ1) is 35.7. The maximum Gasteiger partial charge on any atom is 0.227 e. The zero-order valence-electron chi connectivity index (χ0n) is 38.8. The summed E-state index contributed by atoms with van der Waals surface area (Å²) in [6.07, 6.45) is 0. The van der Waals surface area contributed by atoms with Gasteiger partial charge >= 0.3 is 0 Å². The average molecular weight is 920 g/mol. The Labute approximate surface area is 413 Å². The number of aromatic nitrogens is 3. The summed E-state index contributed by atoms with van der Waals surface area (Å²) >= 11 is 0. The Morgan fingerprint density at radius 3 is 1.47 bits per heavy atom. The molecule has 15 aromatic rings. The SMILES string of the molecule is c1ccc(-c2ccc(-c3cc(-c4cccc5nc(-c6ccccc6)oc45)cc(-n4c5ccccc5c5ccc6c7ccccc7n(-c7ccc8oc9ccc(-c%10ccccc%10)cc9c8c7)c6c54)c3)cc2)cc1. The highest BCUT2D eigenvalue weighted by molar-refractivity contribution is 6.24. The Bertz CT molecular complexity index is 4600. The van der Waals surface area contributed by atoms with Gasteiger partial charge in [-0.1, -0.05) is 170 Å². The van der Waals surface area contributed by atoms with Crippen LogP contribution in [0.2, 0.25) is 0 Å². The van der Waals surface area contributed by atoms with Gasteiger partial charge in [0.05, 0.1) is 22.1 Å². The van der Waals surface area contributed by atoms with E-state index >= 15 is 0 Å². The second-order valence-electron chi connectivity index (χ2n) is 18.7. The molecule has 0 saturated carbocycles. The molecule has 0 aliphatic carbocycles. The number of para-hydroxylation sites is 3. The van der Waals surface area contributed by atoms with Gasteiger partial charge in [-0.15, -0.1) is 0 Å². The van der Waals surface area contributed by atoms with E-state index < -0.39 is 0 Å². The van der Waals surface area contributed by atoms with Gasteiger partial charge in [-0.3, -0.25) is 0 Å². The van der Waals surface area contributed by atoms with Gasteiger partial charge < -0.3 is 18.0 Å². The van der Waals surface area contributed by atoms with Crippen molar-refractivity contribution in [1.82, 2.24) is 14.1 Å². The predicted octanol–water partition coefficient (Wildman–Crippen LogP) is 18.3. The fraction of sp³-hybridized carbons (Fsp3) is 0. The summed E-state index contributed by atoms with van der Waals surface area (Å²) in [7, 11) is 0. The minimum Gasteiger partial charge on any atom is -0.456 e. The highest BCUT2D eigenvalue weighted by atomic mass is 16.3. The number of oxazole rings is 1. The summed E-state index contributed by atoms with van der Waals surface area (Å²) in [5.74, 6) is 0.599. The largest absolute Gasteiger partial charge is 0.456 e. The van der Waals surface area contributed by atoms with E-state index in [0.717, 1.165) is 99.9 Å². The van der Waals surface area contributed by atoms with Gasteiger partial charge in [-0.05, 0) is 118 Å². The first-order valence-electron chi connectivity index (χ1n) is 24.4. The predicted molar refractivity (Wildman–Crippen MR) is 297 cm³/mol. The fourth-order valence-electron chi connectivity index (χ4n) is 11.2. The number of hydrogen-bond donors (Lipinski definition) is 0. The van der Waals surface area contributed by atoms with E-state index in [0.29, 0.717) is 5.89 Å². The molecule has 5 nitrogen and oxygen atoms in total. The van der Waals surface area contributed by atoms with Gasteiger partial charge in [0.2, 0.25) is 5.89 Å². The molecule has 4 heterocycles. The monoisotopic (exact) mass is 919 g/mol. The second-order valence-corrected chi connectivity index (χ2v) is 18.7. The smallest absolute Gasteiger partial charge is 0.227 e. The Morgan fingerprint density at radius 2 is 0.806 bits per heavy atom. The zero-order valence-corrected chi connectivity index (χ0v) is 38.8. The van der Waals surface area contributed by atoms with E-state index in [4.69, 9.17) is 13.8 Å². The molecule has 72 heavy (non-hydrogen) atoms. The van der Waals surface area contributed by atoms with Gasteiger partial charge in [0.15, 0.2) is 5.58 Å². The molecule has 0 bridgehead atoms. The van der Waals surface area contributed by atoms with Crippen LogP contribution in [0.15, 0.2) is 258 Å². The Morgan fingerprint density at radius 1 is 0.292 bits per heavy atom. The average Bonchev–Trinajstić information content (AvgIpc) is 4.23. The van der Waals surface area contributed by atoms with E-state index in [1.807, 2.05) is 36.4 Å². The topological polar surface area (TPSA) is 49.0 Å². The maximum atomic E-state index is 6.73. The van der Waals surface area contributed by atoms with Crippen molar-refractivity contribution >= 4 is 76.6 Å². The molecule has 0 amide bonds. The lowest BCUT2D eigenvalue weighted by atomic mass is 9.96. The molecule has 4 aromatic heterocycles. The van der Waals surface area contributed by atoms with Crippen molar-refractivity contribution in [2.24, 2.45) is 0 Å². The van der Waals surface area contributed by atoms with Crippen molar-refractivity contribution in [2.45, 2.75) is 0 Å². The van der Waals surface area contributed by atoms with Crippen LogP contribution in [-0.4, -0.2) is 14.1 Å². The van der Waals surface area contributed by atoms with Crippen molar-refractivity contribution in [2.75, 3.05) is 0 Å². The van der Waals surface area contributed by atoms with Crippen LogP contribution in [0.1, 0.15) is 0 Å². The van der Waals surface area contributed by atoms with Crippen molar-refractivity contribution in [1.29, 1.82) is 0 Å². The Balaban J connectivity index is 1.01. The van der Waals surface area contributed by atoms with E-state index in [2.05, 4.69) is 221 Å². The quantitative estimate of drug-likeness (QED) is 0.160. The number of fused-ring (bicyclic) bond motifs is 11. The molecule has 0 radical (unpaired) electrons. The lowest BCUT2D eigenvalue weighted by molar-refractivity contribution is 0.621. The summed E-state index contributed by atoms with van der Waals surface area (Å²) in [6.45, 7) is 0. The highest BCUT2D eigenvalue weighted by Gasteiger charge is 2.23. The summed E-state index contributed by atoms with van der Waals surface area (Å²) in [5.41, 5.74) is 19.7. The van der Waals surface area contributed by atoms with Crippen LogP contribution in [0, 0.1) is 0 Å². The zero-order chi connectivity index (χ0) is 47.3. The van der Waals surface area contributed by atoms with Crippen molar-refractivity contribution in [3.63, 3.8) is 0 Å². The molecular formula is C67H41N3O2. The van der Waals surface area contributed by atoms with Crippen molar-refractivity contribution in [3.05, 3.63) is 249 Å². The molecule has 0 atom stereocenters. The highest BCUT2D eigenvalue weighted by Crippen LogP contribution is 2.45. The third kappa shape index (κ3) is 6.31. The van der Waals surface area contributed by atoms with Crippen molar-refractivity contribution < 1.29 is 8.83 Å². The second kappa shape index (κ2) is 15.9. The molecular weight excluding hydrogens is 879 g/mol. The van der Waals surface area contributed by atoms with Gasteiger partial charge in [-0.25, -0.2) is 4.98 Å². The summed E-state index contributed by atoms with van der Waals surface area (Å²) in [6, 6.07) is 88.9. The van der Waals surface area contributed by atoms with Crippen LogP contribution < -0.4 is 0 Å². The first-order valence-corrected chi connectivity index (χ1v) is 24.4. The van der Waals surface area contributed by atoms with Crippen LogP contribution in [0.3, 0.4) is 0 Å². The third-order valence-corrected chi connectivity index (χ3v) is 14.5. The van der Waals surface area contributed by atoms with E-state index in [1.54, 1.807) is 0 Å². The number of hydrogen-bond acceptors (Lipinski definition) is 3. The molecule has 0 N–H and O–H groups in total. The summed E-state index contributed by atoms with van der Waals surface area (Å²) in [5, 5.41) is 6.89. The molecule has 0 aliphatic heterocycles. The lowest BCUT2D eigenvalue weighted by Gasteiger charge is -2.16. The molecule has 15 rings (SSSR count). The van der Waals surface area contributed by atoms with Crippen LogP contribution in [0.5, 0.6) is 0 Å². The third-order valence-electron chi connectivity index (χ3n) is 14.5. The lowest BCUT2D eigenvalue weighted by Crippen LogP contribution is -1.99. The molecule has 0 unspecified atom stereocenters. The minimum atomic E-state index is 0.599. The van der Waals surface area contributed by atoms with E-state index in [9.17, 15) is 0 Å². The number of benzene rings is 11. The molecule has 11 aromatic carbocycles. The minimum absolute atomic E-state index is 0.599. The number of nitrogens with zero attached hydrogens (tertiary/aromatic N) is 3. The van der Waals surface area contributed by atoms with Gasteiger partial charge in [-0.2, -0.15) is 0 Å². The molecule has 336 valence electrons. The maximum absolute atomic E-state index is 6.73. The standard InChI is InChI=1S/C67H41N3O2/c1-4-15-42(16-5-1)44-27-29-45(30-28-44)48-37-49(52-23-14-24-59-66(52)72-67(68-59)46-19-8-3-9-20-46)39-51(38-48)70-61-26-13-11-22-54(61)56-34-33-55-53-21-10-12-25-60(53)69(64(55)65(56)70)50-32-36-63-58(41-50)57-40-47(31-35-62(57)71-63)43-17-6-2-7-18-43/h1-41H. The molecule has 0 saturated heterocycles. The first kappa shape index (κ1) is 40.2. The fourth-order valence-corrected chi connectivity index (χ4v) is 11.2. The van der Waals surface area contributed by atoms with Crippen LogP contribution >= 0.6 is 0 Å². The Kier molecular flexibility index (Phi) is 8.89. The van der Waals surface area contributed by atoms with Crippen LogP contribution in [0.4, 0.5) is 0 Å². The normalized spacial score (nSPS) is 11.9. The number of furan rings is 1. The molecule has 0 fully saturated rings. The van der Waals surface area contributed by atoms with E-state index in [1.165, 1.54) is 38.2 Å². The van der Waals surface area contributed by atoms with Crippen LogP contribution in [0.25, 0.3) is 144 Å². The number of rotatable bonds is 7.